The maximum absolute atomic E-state index is 12.3. The zero-order valence-electron chi connectivity index (χ0n) is 18.1. The summed E-state index contributed by atoms with van der Waals surface area (Å²) in [7, 11) is 2.78. The molecule has 2 aromatic carbocycles. The van der Waals surface area contributed by atoms with Gasteiger partial charge in [0.1, 0.15) is 18.4 Å². The summed E-state index contributed by atoms with van der Waals surface area (Å²) >= 11 is 0. The number of hydrogen-bond donors (Lipinski definition) is 3. The first-order chi connectivity index (χ1) is 15.4. The van der Waals surface area contributed by atoms with Gasteiger partial charge >= 0.3 is 12.1 Å². The van der Waals surface area contributed by atoms with E-state index in [0.29, 0.717) is 5.75 Å². The fraction of sp³-hybridized carbons (Fsp3) is 0.348. The molecule has 0 unspecified atom stereocenters. The van der Waals surface area contributed by atoms with Crippen molar-refractivity contribution in [2.75, 3.05) is 20.8 Å². The van der Waals surface area contributed by atoms with E-state index in [2.05, 4.69) is 10.6 Å². The highest BCUT2D eigenvalue weighted by atomic mass is 16.5. The van der Waals surface area contributed by atoms with Gasteiger partial charge < -0.3 is 30.0 Å². The van der Waals surface area contributed by atoms with E-state index in [1.54, 1.807) is 31.4 Å². The van der Waals surface area contributed by atoms with Crippen molar-refractivity contribution in [2.24, 2.45) is 0 Å². The molecule has 0 fully saturated rings. The quantitative estimate of drug-likeness (QED) is 0.450. The molecule has 0 aromatic heterocycles. The lowest BCUT2D eigenvalue weighted by Crippen LogP contribution is -2.45. The minimum absolute atomic E-state index is 0.0927. The molecule has 0 saturated carbocycles. The molecule has 0 heterocycles. The predicted octanol–water partition coefficient (Wildman–Crippen LogP) is 1.57. The second kappa shape index (κ2) is 13.0. The van der Waals surface area contributed by atoms with Crippen LogP contribution in [0.5, 0.6) is 5.75 Å². The van der Waals surface area contributed by atoms with E-state index in [0.717, 1.165) is 11.1 Å². The van der Waals surface area contributed by atoms with E-state index >= 15 is 0 Å². The van der Waals surface area contributed by atoms with Gasteiger partial charge in [-0.3, -0.25) is 4.79 Å². The third kappa shape index (κ3) is 8.65. The van der Waals surface area contributed by atoms with Gasteiger partial charge in [0, 0.05) is 13.0 Å². The second-order valence-corrected chi connectivity index (χ2v) is 7.00. The SMILES string of the molecule is COC(=O)[C@H](Cc1ccc(OC)cc1)NC(=O)C[C@H](O)CNC(=O)OCc1ccccc1. The van der Waals surface area contributed by atoms with Crippen molar-refractivity contribution in [1.82, 2.24) is 10.6 Å². The van der Waals surface area contributed by atoms with Crippen LogP contribution in [-0.2, 0) is 32.1 Å². The molecule has 0 spiro atoms. The Bertz CT molecular complexity index is 872. The summed E-state index contributed by atoms with van der Waals surface area (Å²) in [5.41, 5.74) is 1.62. The Morgan fingerprint density at radius 1 is 0.969 bits per heavy atom. The minimum atomic E-state index is -1.15. The van der Waals surface area contributed by atoms with Crippen molar-refractivity contribution in [3.8, 4) is 5.75 Å². The molecule has 2 rings (SSSR count). The van der Waals surface area contributed by atoms with Gasteiger partial charge in [-0.15, -0.1) is 0 Å². The number of nitrogens with one attached hydrogen (secondary N) is 2. The summed E-state index contributed by atoms with van der Waals surface area (Å²) in [5, 5.41) is 15.0. The number of esters is 1. The van der Waals surface area contributed by atoms with Gasteiger partial charge in [0.05, 0.1) is 26.7 Å². The van der Waals surface area contributed by atoms with Gasteiger partial charge in [-0.25, -0.2) is 9.59 Å². The number of carbonyl (C=O) groups is 3. The average molecular weight is 444 g/mol. The Kier molecular flexibility index (Phi) is 9.99. The molecule has 2 amide bonds. The van der Waals surface area contributed by atoms with Crippen molar-refractivity contribution in [3.05, 3.63) is 65.7 Å². The monoisotopic (exact) mass is 444 g/mol. The Morgan fingerprint density at radius 2 is 1.66 bits per heavy atom. The first kappa shape index (κ1) is 24.7. The Morgan fingerprint density at radius 3 is 2.28 bits per heavy atom. The number of methoxy groups -OCH3 is 2. The third-order valence-electron chi connectivity index (χ3n) is 4.54. The van der Waals surface area contributed by atoms with Crippen molar-refractivity contribution in [2.45, 2.75) is 31.6 Å². The molecule has 0 aliphatic carbocycles. The van der Waals surface area contributed by atoms with Gasteiger partial charge in [0.25, 0.3) is 0 Å². The molecule has 32 heavy (non-hydrogen) atoms. The summed E-state index contributed by atoms with van der Waals surface area (Å²) in [4.78, 5) is 36.1. The first-order valence-electron chi connectivity index (χ1n) is 10.0. The molecule has 9 nitrogen and oxygen atoms in total. The van der Waals surface area contributed by atoms with E-state index in [1.165, 1.54) is 7.11 Å². The average Bonchev–Trinajstić information content (AvgIpc) is 2.81. The smallest absolute Gasteiger partial charge is 0.407 e. The van der Waals surface area contributed by atoms with E-state index < -0.39 is 30.1 Å². The van der Waals surface area contributed by atoms with Crippen LogP contribution in [-0.4, -0.2) is 56.0 Å². The lowest BCUT2D eigenvalue weighted by molar-refractivity contribution is -0.145. The molecule has 0 aliphatic heterocycles. The fourth-order valence-electron chi connectivity index (χ4n) is 2.85. The number of ether oxygens (including phenoxy) is 3. The topological polar surface area (TPSA) is 123 Å². The largest absolute Gasteiger partial charge is 0.497 e. The van der Waals surface area contributed by atoms with Crippen LogP contribution in [0, 0.1) is 0 Å². The van der Waals surface area contributed by atoms with Crippen LogP contribution in [0.15, 0.2) is 54.6 Å². The van der Waals surface area contributed by atoms with Gasteiger partial charge in [0.15, 0.2) is 0 Å². The summed E-state index contributed by atoms with van der Waals surface area (Å²) in [6.45, 7) is -0.0855. The third-order valence-corrected chi connectivity index (χ3v) is 4.54. The maximum Gasteiger partial charge on any atom is 0.407 e. The van der Waals surface area contributed by atoms with Gasteiger partial charge in [-0.05, 0) is 23.3 Å². The van der Waals surface area contributed by atoms with E-state index in [4.69, 9.17) is 14.2 Å². The molecular weight excluding hydrogens is 416 g/mol. The van der Waals surface area contributed by atoms with Gasteiger partial charge in [0.2, 0.25) is 5.91 Å². The molecule has 0 saturated heterocycles. The molecule has 3 N–H and O–H groups in total. The normalized spacial score (nSPS) is 12.2. The van der Waals surface area contributed by atoms with E-state index in [1.807, 2.05) is 30.3 Å². The number of rotatable bonds is 11. The van der Waals surface area contributed by atoms with Crippen molar-refractivity contribution < 1.29 is 33.7 Å². The van der Waals surface area contributed by atoms with Crippen molar-refractivity contribution in [3.63, 3.8) is 0 Å². The number of aliphatic hydroxyl groups excluding tert-OH is 1. The molecule has 2 atom stereocenters. The van der Waals surface area contributed by atoms with Crippen LogP contribution >= 0.6 is 0 Å². The van der Waals surface area contributed by atoms with E-state index in [-0.39, 0.29) is 26.0 Å². The molecular formula is C23H28N2O7. The molecule has 2 aromatic rings. The number of aliphatic hydroxyl groups is 1. The summed E-state index contributed by atoms with van der Waals surface area (Å²) < 4.78 is 14.9. The van der Waals surface area contributed by atoms with Crippen LogP contribution in [0.1, 0.15) is 17.5 Å². The first-order valence-corrected chi connectivity index (χ1v) is 10.0. The summed E-state index contributed by atoms with van der Waals surface area (Å²) in [6, 6.07) is 15.3. The predicted molar refractivity (Wildman–Crippen MR) is 116 cm³/mol. The van der Waals surface area contributed by atoms with Gasteiger partial charge in [-0.1, -0.05) is 42.5 Å². The molecule has 0 radical (unpaired) electrons. The molecule has 0 bridgehead atoms. The second-order valence-electron chi connectivity index (χ2n) is 7.00. The number of hydrogen-bond acceptors (Lipinski definition) is 7. The summed E-state index contributed by atoms with van der Waals surface area (Å²) in [6.07, 6.45) is -1.96. The number of alkyl carbamates (subject to hydrolysis) is 1. The molecule has 9 heteroatoms. The number of benzene rings is 2. The van der Waals surface area contributed by atoms with Crippen molar-refractivity contribution in [1.29, 1.82) is 0 Å². The maximum atomic E-state index is 12.3. The van der Waals surface area contributed by atoms with Gasteiger partial charge in [-0.2, -0.15) is 0 Å². The fourth-order valence-corrected chi connectivity index (χ4v) is 2.85. The van der Waals surface area contributed by atoms with Crippen LogP contribution in [0.25, 0.3) is 0 Å². The van der Waals surface area contributed by atoms with Crippen LogP contribution in [0.2, 0.25) is 0 Å². The standard InChI is InChI=1S/C23H28N2O7/c1-30-19-10-8-16(9-11-19)12-20(22(28)31-2)25-21(27)13-18(26)14-24-23(29)32-15-17-6-4-3-5-7-17/h3-11,18,20,26H,12-15H2,1-2H3,(H,24,29)(H,25,27)/t18-,20-/m0/s1. The van der Waals surface area contributed by atoms with Crippen LogP contribution in [0.4, 0.5) is 4.79 Å². The highest BCUT2D eigenvalue weighted by Gasteiger charge is 2.23. The Labute approximate surface area is 186 Å². The van der Waals surface area contributed by atoms with Crippen LogP contribution in [0.3, 0.4) is 0 Å². The Balaban J connectivity index is 1.77. The van der Waals surface area contributed by atoms with E-state index in [9.17, 15) is 19.5 Å². The van der Waals surface area contributed by atoms with Crippen molar-refractivity contribution >= 4 is 18.0 Å². The number of carbonyl (C=O) groups excluding carboxylic acids is 3. The Hall–Kier alpha value is -3.59. The molecule has 172 valence electrons. The number of amides is 2. The lowest BCUT2D eigenvalue weighted by atomic mass is 10.1. The molecule has 0 aliphatic rings. The minimum Gasteiger partial charge on any atom is -0.497 e. The highest BCUT2D eigenvalue weighted by molar-refractivity contribution is 5.85. The summed E-state index contributed by atoms with van der Waals surface area (Å²) in [5.74, 6) is -0.488. The lowest BCUT2D eigenvalue weighted by Gasteiger charge is -2.18. The van der Waals surface area contributed by atoms with Crippen LogP contribution < -0.4 is 15.4 Å². The zero-order chi connectivity index (χ0) is 23.3. The highest BCUT2D eigenvalue weighted by Crippen LogP contribution is 2.13. The zero-order valence-corrected chi connectivity index (χ0v) is 18.1.